The molecule has 3 rings (SSSR count). The van der Waals surface area contributed by atoms with Crippen LogP contribution < -0.4 is 5.32 Å². The second-order valence-corrected chi connectivity index (χ2v) is 6.43. The number of nitrogens with one attached hydrogen (secondary N) is 1. The molecule has 2 aliphatic heterocycles. The standard InChI is InChI=1S/C16H28N4/c1-3-17-14-11-15-5-4-6-16(12-14)20(15)10-8-13-7-9-19(2)18-13/h7,9,14-17H,3-6,8,10-12H2,1-2H3. The molecule has 1 aromatic rings. The highest BCUT2D eigenvalue weighted by molar-refractivity contribution is 5.01. The lowest BCUT2D eigenvalue weighted by atomic mass is 9.81. The number of aryl methyl sites for hydroxylation is 1. The quantitative estimate of drug-likeness (QED) is 0.892. The fourth-order valence-electron chi connectivity index (χ4n) is 4.14. The largest absolute Gasteiger partial charge is 0.314 e. The zero-order valence-electron chi connectivity index (χ0n) is 12.9. The van der Waals surface area contributed by atoms with Crippen molar-refractivity contribution >= 4 is 0 Å². The fraction of sp³-hybridized carbons (Fsp3) is 0.812. The summed E-state index contributed by atoms with van der Waals surface area (Å²) in [5.74, 6) is 0. The first-order valence-corrected chi connectivity index (χ1v) is 8.24. The van der Waals surface area contributed by atoms with Gasteiger partial charge in [0.05, 0.1) is 5.69 Å². The van der Waals surface area contributed by atoms with Gasteiger partial charge in [0.1, 0.15) is 0 Å². The maximum Gasteiger partial charge on any atom is 0.0637 e. The average molecular weight is 276 g/mol. The summed E-state index contributed by atoms with van der Waals surface area (Å²) in [5.41, 5.74) is 1.24. The molecule has 2 aliphatic rings. The molecule has 0 amide bonds. The van der Waals surface area contributed by atoms with E-state index in [1.54, 1.807) is 0 Å². The Kier molecular flexibility index (Phi) is 4.41. The molecule has 0 aromatic carbocycles. The first kappa shape index (κ1) is 14.1. The van der Waals surface area contributed by atoms with E-state index in [4.69, 9.17) is 0 Å². The van der Waals surface area contributed by atoms with Crippen LogP contribution in [0.15, 0.2) is 12.3 Å². The van der Waals surface area contributed by atoms with E-state index >= 15 is 0 Å². The fourth-order valence-corrected chi connectivity index (χ4v) is 4.14. The Balaban J connectivity index is 1.59. The molecule has 0 saturated carbocycles. The van der Waals surface area contributed by atoms with Crippen LogP contribution in [0.4, 0.5) is 0 Å². The van der Waals surface area contributed by atoms with Crippen molar-refractivity contribution in [2.24, 2.45) is 7.05 Å². The third-order valence-corrected chi connectivity index (χ3v) is 5.01. The lowest BCUT2D eigenvalue weighted by Gasteiger charge is -2.49. The smallest absolute Gasteiger partial charge is 0.0637 e. The third-order valence-electron chi connectivity index (χ3n) is 5.01. The summed E-state index contributed by atoms with van der Waals surface area (Å²) in [6.07, 6.45) is 10.0. The van der Waals surface area contributed by atoms with Crippen LogP contribution in [0.5, 0.6) is 0 Å². The summed E-state index contributed by atoms with van der Waals surface area (Å²) >= 11 is 0. The van der Waals surface area contributed by atoms with Gasteiger partial charge < -0.3 is 5.32 Å². The Morgan fingerprint density at radius 1 is 1.30 bits per heavy atom. The van der Waals surface area contributed by atoms with Gasteiger partial charge in [0.25, 0.3) is 0 Å². The van der Waals surface area contributed by atoms with Crippen LogP contribution in [0.1, 0.15) is 44.7 Å². The lowest BCUT2D eigenvalue weighted by Crippen LogP contribution is -2.56. The van der Waals surface area contributed by atoms with Crippen molar-refractivity contribution in [2.45, 2.75) is 63.6 Å². The highest BCUT2D eigenvalue weighted by Gasteiger charge is 2.37. The summed E-state index contributed by atoms with van der Waals surface area (Å²) in [6.45, 7) is 4.52. The predicted molar refractivity (Wildman–Crippen MR) is 81.7 cm³/mol. The van der Waals surface area contributed by atoms with Gasteiger partial charge in [-0.1, -0.05) is 13.3 Å². The number of piperidine rings is 2. The highest BCUT2D eigenvalue weighted by Crippen LogP contribution is 2.34. The molecule has 0 aliphatic carbocycles. The summed E-state index contributed by atoms with van der Waals surface area (Å²) in [4.78, 5) is 2.78. The van der Waals surface area contributed by atoms with Crippen LogP contribution in [0.3, 0.4) is 0 Å². The molecular weight excluding hydrogens is 248 g/mol. The van der Waals surface area contributed by atoms with Gasteiger partial charge in [-0.15, -0.1) is 0 Å². The summed E-state index contributed by atoms with van der Waals surface area (Å²) < 4.78 is 1.91. The molecular formula is C16H28N4. The van der Waals surface area contributed by atoms with E-state index < -0.39 is 0 Å². The minimum atomic E-state index is 0.751. The van der Waals surface area contributed by atoms with E-state index in [1.165, 1.54) is 44.3 Å². The summed E-state index contributed by atoms with van der Waals surface area (Å²) in [7, 11) is 2.00. The van der Waals surface area contributed by atoms with Gasteiger partial charge in [-0.2, -0.15) is 5.10 Å². The minimum absolute atomic E-state index is 0.751. The molecule has 20 heavy (non-hydrogen) atoms. The maximum atomic E-state index is 4.51. The highest BCUT2D eigenvalue weighted by atomic mass is 15.3. The summed E-state index contributed by atoms with van der Waals surface area (Å²) in [6, 6.07) is 4.51. The van der Waals surface area contributed by atoms with Crippen molar-refractivity contribution in [2.75, 3.05) is 13.1 Å². The van der Waals surface area contributed by atoms with Crippen molar-refractivity contribution < 1.29 is 0 Å². The number of rotatable bonds is 5. The Hall–Kier alpha value is -0.870. The van der Waals surface area contributed by atoms with Gasteiger partial charge in [0.2, 0.25) is 0 Å². The van der Waals surface area contributed by atoms with Crippen LogP contribution in [-0.4, -0.2) is 45.9 Å². The number of nitrogens with zero attached hydrogens (tertiary/aromatic N) is 3. The van der Waals surface area contributed by atoms with Crippen LogP contribution in [0.2, 0.25) is 0 Å². The first-order chi connectivity index (χ1) is 9.76. The second kappa shape index (κ2) is 6.27. The van der Waals surface area contributed by atoms with Crippen molar-refractivity contribution in [1.29, 1.82) is 0 Å². The Morgan fingerprint density at radius 3 is 2.65 bits per heavy atom. The Morgan fingerprint density at radius 2 is 2.05 bits per heavy atom. The molecule has 2 atom stereocenters. The lowest BCUT2D eigenvalue weighted by molar-refractivity contribution is 0.0258. The molecule has 0 spiro atoms. The van der Waals surface area contributed by atoms with Gasteiger partial charge in [-0.25, -0.2) is 0 Å². The van der Waals surface area contributed by atoms with E-state index in [2.05, 4.69) is 28.3 Å². The Bertz CT molecular complexity index is 414. The third kappa shape index (κ3) is 3.07. The molecule has 1 N–H and O–H groups in total. The van der Waals surface area contributed by atoms with Crippen molar-refractivity contribution in [3.63, 3.8) is 0 Å². The van der Waals surface area contributed by atoms with Crippen LogP contribution in [0, 0.1) is 0 Å². The van der Waals surface area contributed by atoms with Gasteiger partial charge in [0.15, 0.2) is 0 Å². The number of hydrogen-bond donors (Lipinski definition) is 1. The van der Waals surface area contributed by atoms with Crippen LogP contribution in [-0.2, 0) is 13.5 Å². The normalized spacial score (nSPS) is 30.6. The monoisotopic (exact) mass is 276 g/mol. The van der Waals surface area contributed by atoms with Crippen LogP contribution in [0.25, 0.3) is 0 Å². The second-order valence-electron chi connectivity index (χ2n) is 6.43. The van der Waals surface area contributed by atoms with Gasteiger partial charge in [0, 0.05) is 44.3 Å². The van der Waals surface area contributed by atoms with Gasteiger partial charge in [-0.05, 0) is 38.3 Å². The van der Waals surface area contributed by atoms with Crippen molar-refractivity contribution in [3.05, 3.63) is 18.0 Å². The van der Waals surface area contributed by atoms with Gasteiger partial charge in [-0.3, -0.25) is 9.58 Å². The molecule has 2 fully saturated rings. The molecule has 4 nitrogen and oxygen atoms in total. The predicted octanol–water partition coefficient (Wildman–Crippen LogP) is 1.96. The molecule has 2 saturated heterocycles. The molecule has 112 valence electrons. The van der Waals surface area contributed by atoms with E-state index in [0.717, 1.165) is 31.1 Å². The topological polar surface area (TPSA) is 33.1 Å². The molecule has 2 unspecified atom stereocenters. The average Bonchev–Trinajstić information content (AvgIpc) is 2.82. The van der Waals surface area contributed by atoms with E-state index in [1.807, 2.05) is 17.9 Å². The minimum Gasteiger partial charge on any atom is -0.314 e. The zero-order chi connectivity index (χ0) is 13.9. The van der Waals surface area contributed by atoms with Gasteiger partial charge >= 0.3 is 0 Å². The maximum absolute atomic E-state index is 4.51. The van der Waals surface area contributed by atoms with E-state index in [9.17, 15) is 0 Å². The zero-order valence-corrected chi connectivity index (χ0v) is 12.9. The molecule has 4 heteroatoms. The molecule has 0 radical (unpaired) electrons. The SMILES string of the molecule is CCNC1CC2CCCC(C1)N2CCc1ccn(C)n1. The number of aromatic nitrogens is 2. The summed E-state index contributed by atoms with van der Waals surface area (Å²) in [5, 5.41) is 8.18. The van der Waals surface area contributed by atoms with Crippen molar-refractivity contribution in [1.82, 2.24) is 20.0 Å². The van der Waals surface area contributed by atoms with Crippen molar-refractivity contribution in [3.8, 4) is 0 Å². The number of fused-ring (bicyclic) bond motifs is 2. The van der Waals surface area contributed by atoms with Crippen LogP contribution >= 0.6 is 0 Å². The van der Waals surface area contributed by atoms with E-state index in [-0.39, 0.29) is 0 Å². The molecule has 3 heterocycles. The first-order valence-electron chi connectivity index (χ1n) is 8.24. The van der Waals surface area contributed by atoms with E-state index in [0.29, 0.717) is 0 Å². The molecule has 1 aromatic heterocycles. The number of hydrogen-bond acceptors (Lipinski definition) is 3. The Labute approximate surface area is 122 Å². The molecule has 2 bridgehead atoms.